The molecule has 1 aromatic rings. The fraction of sp³-hybridized carbons (Fsp3) is 0.538. The van der Waals surface area contributed by atoms with Crippen molar-refractivity contribution in [1.29, 1.82) is 0 Å². The van der Waals surface area contributed by atoms with E-state index < -0.39 is 0 Å². The molecule has 4 nitrogen and oxygen atoms in total. The monoisotopic (exact) mass is 299 g/mol. The Labute approximate surface area is 122 Å². The number of nitrogens with zero attached hydrogens (tertiary/aromatic N) is 1. The van der Waals surface area contributed by atoms with Crippen molar-refractivity contribution in [2.24, 2.45) is 0 Å². The standard InChI is InChI=1S/C13H18ClN3OS/c1-2-15-12-7-9(6-11(14)17-12)13(18)16-10-4-3-5-19-8-10/h6-7,10H,2-5,8H2,1H3,(H,15,17)(H,16,18). The summed E-state index contributed by atoms with van der Waals surface area (Å²) in [5, 5.41) is 6.46. The molecule has 1 fully saturated rings. The number of aromatic nitrogens is 1. The zero-order valence-corrected chi connectivity index (χ0v) is 12.5. The van der Waals surface area contributed by atoms with Gasteiger partial charge < -0.3 is 10.6 Å². The number of carbonyl (C=O) groups is 1. The van der Waals surface area contributed by atoms with Gasteiger partial charge in [-0.3, -0.25) is 4.79 Å². The minimum atomic E-state index is -0.0732. The van der Waals surface area contributed by atoms with E-state index >= 15 is 0 Å². The van der Waals surface area contributed by atoms with Gasteiger partial charge in [-0.05, 0) is 37.7 Å². The van der Waals surface area contributed by atoms with Crippen LogP contribution in [0.5, 0.6) is 0 Å². The maximum Gasteiger partial charge on any atom is 0.251 e. The smallest absolute Gasteiger partial charge is 0.251 e. The van der Waals surface area contributed by atoms with Crippen molar-refractivity contribution in [2.45, 2.75) is 25.8 Å². The molecule has 2 N–H and O–H groups in total. The molecular weight excluding hydrogens is 282 g/mol. The number of hydrogen-bond acceptors (Lipinski definition) is 4. The van der Waals surface area contributed by atoms with E-state index in [9.17, 15) is 4.79 Å². The van der Waals surface area contributed by atoms with Gasteiger partial charge in [0.25, 0.3) is 5.91 Å². The topological polar surface area (TPSA) is 54.0 Å². The summed E-state index contributed by atoms with van der Waals surface area (Å²) in [5.74, 6) is 2.75. The Kier molecular flexibility index (Phi) is 5.34. The highest BCUT2D eigenvalue weighted by Crippen LogP contribution is 2.18. The fourth-order valence-corrected chi connectivity index (χ4v) is 3.30. The van der Waals surface area contributed by atoms with Crippen LogP contribution >= 0.6 is 23.4 Å². The molecule has 0 aliphatic carbocycles. The van der Waals surface area contributed by atoms with Crippen molar-refractivity contribution in [3.05, 3.63) is 22.8 Å². The second kappa shape index (κ2) is 7.01. The first-order valence-electron chi connectivity index (χ1n) is 6.49. The SMILES string of the molecule is CCNc1cc(C(=O)NC2CCCSC2)cc(Cl)n1. The second-order valence-corrected chi connectivity index (χ2v) is 6.02. The fourth-order valence-electron chi connectivity index (χ4n) is 2.02. The van der Waals surface area contributed by atoms with Gasteiger partial charge in [0.05, 0.1) is 0 Å². The minimum Gasteiger partial charge on any atom is -0.370 e. The number of pyridine rings is 1. The molecule has 2 heterocycles. The number of amides is 1. The lowest BCUT2D eigenvalue weighted by Crippen LogP contribution is -2.38. The summed E-state index contributed by atoms with van der Waals surface area (Å²) in [6.07, 6.45) is 2.22. The number of carbonyl (C=O) groups excluding carboxylic acids is 1. The van der Waals surface area contributed by atoms with Crippen LogP contribution in [0.4, 0.5) is 5.82 Å². The summed E-state index contributed by atoms with van der Waals surface area (Å²) in [7, 11) is 0. The Hall–Kier alpha value is -0.940. The normalized spacial score (nSPS) is 18.9. The molecule has 6 heteroatoms. The molecule has 2 rings (SSSR count). The molecule has 0 aromatic carbocycles. The maximum absolute atomic E-state index is 12.2. The van der Waals surface area contributed by atoms with E-state index in [2.05, 4.69) is 15.6 Å². The quantitative estimate of drug-likeness (QED) is 0.840. The molecule has 19 heavy (non-hydrogen) atoms. The highest BCUT2D eigenvalue weighted by Gasteiger charge is 2.17. The molecule has 1 amide bonds. The summed E-state index contributed by atoms with van der Waals surface area (Å²) in [6, 6.07) is 3.61. The van der Waals surface area contributed by atoms with Gasteiger partial charge in [-0.15, -0.1) is 0 Å². The average Bonchev–Trinajstić information content (AvgIpc) is 2.39. The number of anilines is 1. The Bertz CT molecular complexity index is 450. The largest absolute Gasteiger partial charge is 0.370 e. The van der Waals surface area contributed by atoms with Gasteiger partial charge in [-0.1, -0.05) is 11.6 Å². The maximum atomic E-state index is 12.2. The molecule has 0 bridgehead atoms. The Balaban J connectivity index is 2.05. The van der Waals surface area contributed by atoms with Crippen molar-refractivity contribution in [3.8, 4) is 0 Å². The van der Waals surface area contributed by atoms with Crippen LogP contribution in [-0.2, 0) is 0 Å². The molecule has 0 spiro atoms. The molecule has 1 aliphatic heterocycles. The average molecular weight is 300 g/mol. The molecule has 1 aliphatic rings. The van der Waals surface area contributed by atoms with E-state index in [0.29, 0.717) is 16.5 Å². The molecule has 0 radical (unpaired) electrons. The summed E-state index contributed by atoms with van der Waals surface area (Å²) in [5.41, 5.74) is 0.562. The third-order valence-electron chi connectivity index (χ3n) is 2.91. The van der Waals surface area contributed by atoms with Crippen LogP contribution < -0.4 is 10.6 Å². The van der Waals surface area contributed by atoms with E-state index in [1.165, 1.54) is 5.75 Å². The zero-order chi connectivity index (χ0) is 13.7. The van der Waals surface area contributed by atoms with E-state index in [4.69, 9.17) is 11.6 Å². The van der Waals surface area contributed by atoms with Crippen LogP contribution in [0.2, 0.25) is 5.15 Å². The first kappa shape index (κ1) is 14.5. The van der Waals surface area contributed by atoms with Gasteiger partial charge in [-0.25, -0.2) is 4.98 Å². The van der Waals surface area contributed by atoms with Crippen molar-refractivity contribution in [2.75, 3.05) is 23.4 Å². The van der Waals surface area contributed by atoms with Crippen LogP contribution in [0.15, 0.2) is 12.1 Å². The summed E-state index contributed by atoms with van der Waals surface area (Å²) in [6.45, 7) is 2.72. The van der Waals surface area contributed by atoms with Crippen molar-refractivity contribution < 1.29 is 4.79 Å². The first-order chi connectivity index (χ1) is 9.19. The first-order valence-corrected chi connectivity index (χ1v) is 8.02. The van der Waals surface area contributed by atoms with Crippen LogP contribution in [-0.4, -0.2) is 35.0 Å². The van der Waals surface area contributed by atoms with Gasteiger partial charge >= 0.3 is 0 Å². The lowest BCUT2D eigenvalue weighted by Gasteiger charge is -2.22. The number of hydrogen-bond donors (Lipinski definition) is 2. The Morgan fingerprint density at radius 1 is 1.58 bits per heavy atom. The lowest BCUT2D eigenvalue weighted by atomic mass is 10.1. The van der Waals surface area contributed by atoms with Gasteiger partial charge in [0.15, 0.2) is 0 Å². The van der Waals surface area contributed by atoms with Gasteiger partial charge in [0.2, 0.25) is 0 Å². The molecule has 1 atom stereocenters. The van der Waals surface area contributed by atoms with Crippen LogP contribution in [0, 0.1) is 0 Å². The Morgan fingerprint density at radius 2 is 2.42 bits per heavy atom. The Morgan fingerprint density at radius 3 is 3.11 bits per heavy atom. The molecule has 0 saturated carbocycles. The second-order valence-electron chi connectivity index (χ2n) is 4.48. The van der Waals surface area contributed by atoms with E-state index in [0.717, 1.165) is 25.1 Å². The van der Waals surface area contributed by atoms with Crippen LogP contribution in [0.25, 0.3) is 0 Å². The number of thioether (sulfide) groups is 1. The zero-order valence-electron chi connectivity index (χ0n) is 10.9. The van der Waals surface area contributed by atoms with Crippen LogP contribution in [0.3, 0.4) is 0 Å². The lowest BCUT2D eigenvalue weighted by molar-refractivity contribution is 0.0938. The predicted octanol–water partition coefficient (Wildman–Crippen LogP) is 2.79. The number of halogens is 1. The summed E-state index contributed by atoms with van der Waals surface area (Å²) < 4.78 is 0. The van der Waals surface area contributed by atoms with E-state index in [1.54, 1.807) is 12.1 Å². The number of rotatable bonds is 4. The van der Waals surface area contributed by atoms with Gasteiger partial charge in [-0.2, -0.15) is 11.8 Å². The molecule has 1 aromatic heterocycles. The highest BCUT2D eigenvalue weighted by atomic mass is 35.5. The van der Waals surface area contributed by atoms with Gasteiger partial charge in [0, 0.05) is 23.9 Å². The van der Waals surface area contributed by atoms with Crippen molar-refractivity contribution in [3.63, 3.8) is 0 Å². The third kappa shape index (κ3) is 4.28. The van der Waals surface area contributed by atoms with E-state index in [-0.39, 0.29) is 11.9 Å². The van der Waals surface area contributed by atoms with Gasteiger partial charge in [0.1, 0.15) is 11.0 Å². The van der Waals surface area contributed by atoms with Crippen molar-refractivity contribution in [1.82, 2.24) is 10.3 Å². The molecule has 1 unspecified atom stereocenters. The van der Waals surface area contributed by atoms with Crippen molar-refractivity contribution >= 4 is 35.1 Å². The molecular formula is C13H18ClN3OS. The summed E-state index contributed by atoms with van der Waals surface area (Å²) in [4.78, 5) is 16.3. The molecule has 104 valence electrons. The highest BCUT2D eigenvalue weighted by molar-refractivity contribution is 7.99. The van der Waals surface area contributed by atoms with E-state index in [1.807, 2.05) is 18.7 Å². The van der Waals surface area contributed by atoms with Crippen LogP contribution in [0.1, 0.15) is 30.1 Å². The molecule has 1 saturated heterocycles. The number of nitrogens with one attached hydrogen (secondary N) is 2. The third-order valence-corrected chi connectivity index (χ3v) is 4.32. The predicted molar refractivity (Wildman–Crippen MR) is 81.2 cm³/mol. The summed E-state index contributed by atoms with van der Waals surface area (Å²) >= 11 is 7.83. The minimum absolute atomic E-state index is 0.0732.